The van der Waals surface area contributed by atoms with Gasteiger partial charge in [0.15, 0.2) is 0 Å². The third-order valence-electron chi connectivity index (χ3n) is 2.82. The van der Waals surface area contributed by atoms with Crippen molar-refractivity contribution >= 4 is 15.9 Å². The molecule has 0 bridgehead atoms. The molecule has 82 valence electrons. The van der Waals surface area contributed by atoms with Gasteiger partial charge in [0.25, 0.3) is 0 Å². The van der Waals surface area contributed by atoms with Crippen molar-refractivity contribution in [2.45, 2.75) is 31.8 Å². The van der Waals surface area contributed by atoms with E-state index >= 15 is 0 Å². The summed E-state index contributed by atoms with van der Waals surface area (Å²) in [6, 6.07) is 6.17. The van der Waals surface area contributed by atoms with Crippen LogP contribution in [0.4, 0.5) is 0 Å². The lowest BCUT2D eigenvalue weighted by molar-refractivity contribution is 0.0730. The van der Waals surface area contributed by atoms with E-state index in [1.165, 1.54) is 5.56 Å². The smallest absolute Gasteiger partial charge is 0.124 e. The standard InChI is InChI=1S/C12H16BrNO/c1-12(2)6-8(7-14)10-4-3-9(13)5-11(10)15-12/h3-5,8H,6-7,14H2,1-2H3. The predicted molar refractivity (Wildman–Crippen MR) is 65.3 cm³/mol. The van der Waals surface area contributed by atoms with Gasteiger partial charge in [0.1, 0.15) is 11.4 Å². The van der Waals surface area contributed by atoms with E-state index in [4.69, 9.17) is 10.5 Å². The average molecular weight is 270 g/mol. The number of nitrogens with two attached hydrogens (primary N) is 1. The quantitative estimate of drug-likeness (QED) is 0.851. The fraction of sp³-hybridized carbons (Fsp3) is 0.500. The molecule has 1 aromatic carbocycles. The Hall–Kier alpha value is -0.540. The molecule has 1 unspecified atom stereocenters. The summed E-state index contributed by atoms with van der Waals surface area (Å²) in [6.45, 7) is 4.90. The Labute approximate surface area is 98.9 Å². The van der Waals surface area contributed by atoms with Gasteiger partial charge in [0, 0.05) is 10.4 Å². The topological polar surface area (TPSA) is 35.2 Å². The lowest BCUT2D eigenvalue weighted by atomic mass is 9.84. The second-order valence-corrected chi connectivity index (χ2v) is 5.60. The van der Waals surface area contributed by atoms with E-state index < -0.39 is 0 Å². The summed E-state index contributed by atoms with van der Waals surface area (Å²) in [5, 5.41) is 0. The van der Waals surface area contributed by atoms with Crippen LogP contribution in [-0.4, -0.2) is 12.1 Å². The van der Waals surface area contributed by atoms with Gasteiger partial charge >= 0.3 is 0 Å². The summed E-state index contributed by atoms with van der Waals surface area (Å²) in [5.41, 5.74) is 6.93. The van der Waals surface area contributed by atoms with E-state index in [-0.39, 0.29) is 5.60 Å². The zero-order valence-corrected chi connectivity index (χ0v) is 10.7. The molecule has 1 aromatic rings. The van der Waals surface area contributed by atoms with E-state index in [0.29, 0.717) is 12.5 Å². The first-order chi connectivity index (χ1) is 7.02. The zero-order valence-electron chi connectivity index (χ0n) is 9.09. The second-order valence-electron chi connectivity index (χ2n) is 4.68. The number of benzene rings is 1. The van der Waals surface area contributed by atoms with Gasteiger partial charge in [-0.2, -0.15) is 0 Å². The SMILES string of the molecule is CC1(C)CC(CN)c2ccc(Br)cc2O1. The van der Waals surface area contributed by atoms with Gasteiger partial charge in [-0.1, -0.05) is 22.0 Å². The fourth-order valence-corrected chi connectivity index (χ4v) is 2.53. The molecule has 2 nitrogen and oxygen atoms in total. The summed E-state index contributed by atoms with van der Waals surface area (Å²) in [5.74, 6) is 1.38. The minimum absolute atomic E-state index is 0.113. The lowest BCUT2D eigenvalue weighted by Gasteiger charge is -2.37. The number of hydrogen-bond donors (Lipinski definition) is 1. The lowest BCUT2D eigenvalue weighted by Crippen LogP contribution is -2.36. The Balaban J connectivity index is 2.44. The Kier molecular flexibility index (Phi) is 2.77. The van der Waals surface area contributed by atoms with Gasteiger partial charge in [-0.05, 0) is 44.5 Å². The van der Waals surface area contributed by atoms with Crippen molar-refractivity contribution in [2.24, 2.45) is 5.73 Å². The molecule has 0 aromatic heterocycles. The first-order valence-corrected chi connectivity index (χ1v) is 6.00. The molecule has 0 fully saturated rings. The maximum atomic E-state index is 5.95. The molecule has 2 N–H and O–H groups in total. The number of rotatable bonds is 1. The van der Waals surface area contributed by atoms with Crippen molar-refractivity contribution in [3.63, 3.8) is 0 Å². The molecule has 0 radical (unpaired) electrons. The minimum Gasteiger partial charge on any atom is -0.488 e. The van der Waals surface area contributed by atoms with Gasteiger partial charge in [0.05, 0.1) is 0 Å². The van der Waals surface area contributed by atoms with Crippen LogP contribution in [0.1, 0.15) is 31.7 Å². The molecule has 0 amide bonds. The molecular formula is C12H16BrNO. The van der Waals surface area contributed by atoms with Crippen molar-refractivity contribution < 1.29 is 4.74 Å². The van der Waals surface area contributed by atoms with Crippen LogP contribution in [-0.2, 0) is 0 Å². The number of fused-ring (bicyclic) bond motifs is 1. The van der Waals surface area contributed by atoms with Crippen LogP contribution >= 0.6 is 15.9 Å². The zero-order chi connectivity index (χ0) is 11.1. The maximum absolute atomic E-state index is 5.95. The molecule has 0 spiro atoms. The molecule has 1 heterocycles. The molecule has 2 rings (SSSR count). The third kappa shape index (κ3) is 2.18. The predicted octanol–water partition coefficient (Wildman–Crippen LogP) is 3.05. The number of hydrogen-bond acceptors (Lipinski definition) is 2. The van der Waals surface area contributed by atoms with E-state index in [2.05, 4.69) is 35.8 Å². The Morgan fingerprint density at radius 2 is 2.27 bits per heavy atom. The third-order valence-corrected chi connectivity index (χ3v) is 3.32. The molecule has 15 heavy (non-hydrogen) atoms. The van der Waals surface area contributed by atoms with Gasteiger partial charge in [-0.25, -0.2) is 0 Å². The minimum atomic E-state index is -0.113. The number of halogens is 1. The van der Waals surface area contributed by atoms with Crippen LogP contribution in [0.3, 0.4) is 0 Å². The first kappa shape index (κ1) is 11.0. The largest absolute Gasteiger partial charge is 0.488 e. The maximum Gasteiger partial charge on any atom is 0.124 e. The van der Waals surface area contributed by atoms with Crippen LogP contribution in [0.2, 0.25) is 0 Å². The summed E-state index contributed by atoms with van der Waals surface area (Å²) in [4.78, 5) is 0. The van der Waals surface area contributed by atoms with Gasteiger partial charge in [-0.3, -0.25) is 0 Å². The van der Waals surface area contributed by atoms with Gasteiger partial charge in [0.2, 0.25) is 0 Å². The number of ether oxygens (including phenoxy) is 1. The van der Waals surface area contributed by atoms with Gasteiger partial charge < -0.3 is 10.5 Å². The molecule has 0 aliphatic carbocycles. The highest BCUT2D eigenvalue weighted by atomic mass is 79.9. The summed E-state index contributed by atoms with van der Waals surface area (Å²) >= 11 is 3.46. The van der Waals surface area contributed by atoms with Crippen LogP contribution < -0.4 is 10.5 Å². The average Bonchev–Trinajstić information content (AvgIpc) is 2.14. The van der Waals surface area contributed by atoms with Crippen LogP contribution in [0.15, 0.2) is 22.7 Å². The Morgan fingerprint density at radius 3 is 2.93 bits per heavy atom. The molecule has 0 saturated heterocycles. The van der Waals surface area contributed by atoms with E-state index in [0.717, 1.165) is 16.6 Å². The van der Waals surface area contributed by atoms with Crippen LogP contribution in [0, 0.1) is 0 Å². The summed E-state index contributed by atoms with van der Waals surface area (Å²) < 4.78 is 7.00. The van der Waals surface area contributed by atoms with E-state index in [9.17, 15) is 0 Å². The van der Waals surface area contributed by atoms with Crippen molar-refractivity contribution in [3.05, 3.63) is 28.2 Å². The Morgan fingerprint density at radius 1 is 1.53 bits per heavy atom. The van der Waals surface area contributed by atoms with E-state index in [1.807, 2.05) is 12.1 Å². The van der Waals surface area contributed by atoms with Crippen molar-refractivity contribution in [2.75, 3.05) is 6.54 Å². The summed E-state index contributed by atoms with van der Waals surface area (Å²) in [7, 11) is 0. The fourth-order valence-electron chi connectivity index (χ4n) is 2.19. The highest BCUT2D eigenvalue weighted by molar-refractivity contribution is 9.10. The van der Waals surface area contributed by atoms with Crippen LogP contribution in [0.25, 0.3) is 0 Å². The molecule has 0 saturated carbocycles. The van der Waals surface area contributed by atoms with Crippen molar-refractivity contribution in [1.29, 1.82) is 0 Å². The molecular weight excluding hydrogens is 254 g/mol. The van der Waals surface area contributed by atoms with Crippen molar-refractivity contribution in [3.8, 4) is 5.75 Å². The molecule has 1 aliphatic heterocycles. The Bertz CT molecular complexity index is 376. The summed E-state index contributed by atoms with van der Waals surface area (Å²) in [6.07, 6.45) is 0.984. The molecule has 1 atom stereocenters. The normalized spacial score (nSPS) is 23.1. The monoisotopic (exact) mass is 269 g/mol. The van der Waals surface area contributed by atoms with E-state index in [1.54, 1.807) is 0 Å². The molecule has 3 heteroatoms. The van der Waals surface area contributed by atoms with Gasteiger partial charge in [-0.15, -0.1) is 0 Å². The highest BCUT2D eigenvalue weighted by Gasteiger charge is 2.32. The highest BCUT2D eigenvalue weighted by Crippen LogP contribution is 2.41. The second kappa shape index (κ2) is 3.80. The van der Waals surface area contributed by atoms with Crippen molar-refractivity contribution in [1.82, 2.24) is 0 Å². The first-order valence-electron chi connectivity index (χ1n) is 5.20. The van der Waals surface area contributed by atoms with Crippen LogP contribution in [0.5, 0.6) is 5.75 Å². The molecule has 1 aliphatic rings.